The van der Waals surface area contributed by atoms with E-state index in [0.29, 0.717) is 0 Å². The van der Waals surface area contributed by atoms with Crippen molar-refractivity contribution in [1.29, 1.82) is 0 Å². The second kappa shape index (κ2) is 8.82. The number of aryl methyl sites for hydroxylation is 1. The lowest BCUT2D eigenvalue weighted by Crippen LogP contribution is -2.46. The van der Waals surface area contributed by atoms with E-state index < -0.39 is 0 Å². The Labute approximate surface area is 172 Å². The van der Waals surface area contributed by atoms with Crippen LogP contribution in [0.2, 0.25) is 0 Å². The molecule has 0 atom stereocenters. The molecular formula is C23H27N5O. The van der Waals surface area contributed by atoms with Gasteiger partial charge >= 0.3 is 0 Å². The summed E-state index contributed by atoms with van der Waals surface area (Å²) in [6.45, 7) is 5.92. The van der Waals surface area contributed by atoms with Gasteiger partial charge in [-0.2, -0.15) is 0 Å². The number of nitrogens with one attached hydrogen (secondary N) is 1. The van der Waals surface area contributed by atoms with Crippen LogP contribution >= 0.6 is 0 Å². The van der Waals surface area contributed by atoms with Gasteiger partial charge in [0.25, 0.3) is 0 Å². The normalized spacial score (nSPS) is 14.0. The van der Waals surface area contributed by atoms with Gasteiger partial charge in [0, 0.05) is 43.6 Å². The van der Waals surface area contributed by atoms with Gasteiger partial charge in [0.2, 0.25) is 0 Å². The molecule has 0 aliphatic carbocycles. The molecule has 0 amide bonds. The second-order valence-corrected chi connectivity index (χ2v) is 7.07. The number of rotatable bonds is 6. The fourth-order valence-electron chi connectivity index (χ4n) is 3.66. The first kappa shape index (κ1) is 19.1. The third-order valence-electron chi connectivity index (χ3n) is 5.35. The van der Waals surface area contributed by atoms with E-state index in [9.17, 15) is 0 Å². The average Bonchev–Trinajstić information content (AvgIpc) is 2.80. The number of ether oxygens (including phenoxy) is 1. The molecule has 1 saturated heterocycles. The van der Waals surface area contributed by atoms with E-state index in [2.05, 4.69) is 62.3 Å². The molecule has 6 nitrogen and oxygen atoms in total. The van der Waals surface area contributed by atoms with Crippen LogP contribution < -0.4 is 19.9 Å². The zero-order valence-electron chi connectivity index (χ0n) is 17.0. The van der Waals surface area contributed by atoms with Crippen LogP contribution in [0.15, 0.2) is 60.9 Å². The van der Waals surface area contributed by atoms with Crippen molar-refractivity contribution in [3.8, 4) is 5.75 Å². The minimum atomic E-state index is 0.827. The number of anilines is 4. The fourth-order valence-corrected chi connectivity index (χ4v) is 3.66. The van der Waals surface area contributed by atoms with E-state index in [1.807, 2.05) is 24.3 Å². The van der Waals surface area contributed by atoms with E-state index in [1.54, 1.807) is 13.4 Å². The van der Waals surface area contributed by atoms with E-state index in [-0.39, 0.29) is 0 Å². The van der Waals surface area contributed by atoms with E-state index in [4.69, 9.17) is 4.74 Å². The molecule has 4 rings (SSSR count). The van der Waals surface area contributed by atoms with Crippen LogP contribution in [0.3, 0.4) is 0 Å². The van der Waals surface area contributed by atoms with Crippen LogP contribution in [0.4, 0.5) is 23.0 Å². The van der Waals surface area contributed by atoms with Crippen molar-refractivity contribution in [1.82, 2.24) is 9.97 Å². The van der Waals surface area contributed by atoms with Gasteiger partial charge in [0.05, 0.1) is 7.11 Å². The molecule has 0 saturated carbocycles. The molecule has 6 heteroatoms. The van der Waals surface area contributed by atoms with Gasteiger partial charge in [-0.25, -0.2) is 9.97 Å². The van der Waals surface area contributed by atoms with Crippen molar-refractivity contribution < 1.29 is 4.74 Å². The molecule has 1 aliphatic heterocycles. The van der Waals surface area contributed by atoms with Crippen LogP contribution in [0, 0.1) is 0 Å². The number of hydrogen-bond acceptors (Lipinski definition) is 6. The predicted molar refractivity (Wildman–Crippen MR) is 119 cm³/mol. The quantitative estimate of drug-likeness (QED) is 0.685. The largest absolute Gasteiger partial charge is 0.497 e. The van der Waals surface area contributed by atoms with Crippen molar-refractivity contribution in [2.24, 2.45) is 0 Å². The smallest absolute Gasteiger partial charge is 0.135 e. The molecule has 1 aromatic heterocycles. The Morgan fingerprint density at radius 1 is 0.931 bits per heavy atom. The van der Waals surface area contributed by atoms with Gasteiger partial charge in [0.1, 0.15) is 23.7 Å². The first-order valence-corrected chi connectivity index (χ1v) is 10.1. The molecule has 1 aliphatic rings. The maximum atomic E-state index is 5.25. The molecule has 1 N–H and O–H groups in total. The summed E-state index contributed by atoms with van der Waals surface area (Å²) in [6, 6.07) is 18.6. The van der Waals surface area contributed by atoms with Crippen LogP contribution in [-0.4, -0.2) is 43.3 Å². The van der Waals surface area contributed by atoms with Crippen molar-refractivity contribution in [3.05, 3.63) is 66.5 Å². The Bertz CT molecular complexity index is 936. The van der Waals surface area contributed by atoms with Crippen LogP contribution in [0.5, 0.6) is 5.75 Å². The summed E-state index contributed by atoms with van der Waals surface area (Å²) in [6.07, 6.45) is 2.62. The van der Waals surface area contributed by atoms with Crippen molar-refractivity contribution in [3.63, 3.8) is 0 Å². The second-order valence-electron chi connectivity index (χ2n) is 7.07. The first-order chi connectivity index (χ1) is 14.3. The van der Waals surface area contributed by atoms with Gasteiger partial charge in [-0.05, 0) is 42.3 Å². The standard InChI is InChI=1S/C23H27N5O/c1-3-18-6-4-5-7-21(18)26-22-16-23(25-17-24-22)28-14-12-27(13-15-28)19-8-10-20(29-2)11-9-19/h4-11,16-17H,3,12-15H2,1-2H3,(H,24,25,26). The highest BCUT2D eigenvalue weighted by atomic mass is 16.5. The van der Waals surface area contributed by atoms with Gasteiger partial charge in [-0.15, -0.1) is 0 Å². The molecule has 0 bridgehead atoms. The Hall–Kier alpha value is -3.28. The zero-order valence-corrected chi connectivity index (χ0v) is 17.0. The number of hydrogen-bond donors (Lipinski definition) is 1. The molecule has 0 radical (unpaired) electrons. The summed E-state index contributed by atoms with van der Waals surface area (Å²) < 4.78 is 5.25. The Balaban J connectivity index is 1.41. The number of piperazine rings is 1. The predicted octanol–water partition coefficient (Wildman–Crippen LogP) is 4.12. The summed E-state index contributed by atoms with van der Waals surface area (Å²) in [5.74, 6) is 2.68. The minimum Gasteiger partial charge on any atom is -0.497 e. The lowest BCUT2D eigenvalue weighted by atomic mass is 10.1. The monoisotopic (exact) mass is 389 g/mol. The molecular weight excluding hydrogens is 362 g/mol. The molecule has 0 spiro atoms. The highest BCUT2D eigenvalue weighted by molar-refractivity contribution is 5.63. The first-order valence-electron chi connectivity index (χ1n) is 10.1. The highest BCUT2D eigenvalue weighted by Crippen LogP contribution is 2.24. The lowest BCUT2D eigenvalue weighted by molar-refractivity contribution is 0.415. The van der Waals surface area contributed by atoms with Crippen LogP contribution in [0.25, 0.3) is 0 Å². The maximum absolute atomic E-state index is 5.25. The van der Waals surface area contributed by atoms with Gasteiger partial charge in [0.15, 0.2) is 0 Å². The number of para-hydroxylation sites is 1. The Morgan fingerprint density at radius 2 is 1.66 bits per heavy atom. The molecule has 29 heavy (non-hydrogen) atoms. The number of benzene rings is 2. The SMILES string of the molecule is CCc1ccccc1Nc1cc(N2CCN(c3ccc(OC)cc3)CC2)ncn1. The van der Waals surface area contributed by atoms with Crippen LogP contribution in [-0.2, 0) is 6.42 Å². The zero-order chi connectivity index (χ0) is 20.1. The van der Waals surface area contributed by atoms with E-state index in [0.717, 1.165) is 55.7 Å². The van der Waals surface area contributed by atoms with Gasteiger partial charge < -0.3 is 19.9 Å². The van der Waals surface area contributed by atoms with Crippen LogP contribution in [0.1, 0.15) is 12.5 Å². The number of methoxy groups -OCH3 is 1. The molecule has 150 valence electrons. The molecule has 0 unspecified atom stereocenters. The Kier molecular flexibility index (Phi) is 5.79. The fraction of sp³-hybridized carbons (Fsp3) is 0.304. The third-order valence-corrected chi connectivity index (χ3v) is 5.35. The summed E-state index contributed by atoms with van der Waals surface area (Å²) in [5, 5.41) is 3.45. The third kappa shape index (κ3) is 4.42. The number of aromatic nitrogens is 2. The molecule has 1 fully saturated rings. The summed E-state index contributed by atoms with van der Waals surface area (Å²) in [7, 11) is 1.69. The maximum Gasteiger partial charge on any atom is 0.135 e. The molecule has 2 aromatic carbocycles. The minimum absolute atomic E-state index is 0.827. The van der Waals surface area contributed by atoms with Gasteiger partial charge in [-0.3, -0.25) is 0 Å². The number of nitrogens with zero attached hydrogens (tertiary/aromatic N) is 4. The van der Waals surface area contributed by atoms with Crippen molar-refractivity contribution in [2.45, 2.75) is 13.3 Å². The summed E-state index contributed by atoms with van der Waals surface area (Å²) in [4.78, 5) is 13.6. The average molecular weight is 390 g/mol. The van der Waals surface area contributed by atoms with E-state index in [1.165, 1.54) is 11.3 Å². The van der Waals surface area contributed by atoms with Crippen molar-refractivity contribution in [2.75, 3.05) is 48.4 Å². The summed E-state index contributed by atoms with van der Waals surface area (Å²) in [5.41, 5.74) is 3.61. The molecule has 3 aromatic rings. The lowest BCUT2D eigenvalue weighted by Gasteiger charge is -2.36. The van der Waals surface area contributed by atoms with E-state index >= 15 is 0 Å². The topological polar surface area (TPSA) is 53.5 Å². The van der Waals surface area contributed by atoms with Crippen molar-refractivity contribution >= 4 is 23.0 Å². The Morgan fingerprint density at radius 3 is 2.38 bits per heavy atom. The molecule has 2 heterocycles. The van der Waals surface area contributed by atoms with Gasteiger partial charge in [-0.1, -0.05) is 25.1 Å². The summed E-state index contributed by atoms with van der Waals surface area (Å²) >= 11 is 0. The highest BCUT2D eigenvalue weighted by Gasteiger charge is 2.19.